The second-order valence-electron chi connectivity index (χ2n) is 4.08. The Morgan fingerprint density at radius 1 is 1.28 bits per heavy atom. The van der Waals surface area contributed by atoms with E-state index in [1.165, 1.54) is 19.4 Å². The number of halogens is 1. The van der Waals surface area contributed by atoms with Crippen LogP contribution in [0.15, 0.2) is 36.7 Å². The van der Waals surface area contributed by atoms with Crippen molar-refractivity contribution in [3.63, 3.8) is 0 Å². The van der Waals surface area contributed by atoms with Crippen LogP contribution in [0.25, 0.3) is 0 Å². The van der Waals surface area contributed by atoms with Crippen LogP contribution in [0.3, 0.4) is 0 Å². The van der Waals surface area contributed by atoms with Gasteiger partial charge in [-0.15, -0.1) is 0 Å². The average Bonchev–Trinajstić information content (AvgIpc) is 2.37. The van der Waals surface area contributed by atoms with Gasteiger partial charge in [-0.05, 0) is 24.6 Å². The van der Waals surface area contributed by atoms with Gasteiger partial charge in [-0.25, -0.2) is 4.39 Å². The number of methoxy groups -OCH3 is 1. The molecule has 0 saturated carbocycles. The van der Waals surface area contributed by atoms with Gasteiger partial charge in [0.15, 0.2) is 0 Å². The van der Waals surface area contributed by atoms with Gasteiger partial charge in [0, 0.05) is 17.3 Å². The van der Waals surface area contributed by atoms with Gasteiger partial charge in [-0.3, -0.25) is 4.98 Å². The van der Waals surface area contributed by atoms with Gasteiger partial charge in [0.2, 0.25) is 0 Å². The molecule has 2 rings (SSSR count). The van der Waals surface area contributed by atoms with Crippen LogP contribution in [0.4, 0.5) is 4.39 Å². The van der Waals surface area contributed by atoms with E-state index in [2.05, 4.69) is 4.98 Å². The largest absolute Gasteiger partial charge is 0.496 e. The summed E-state index contributed by atoms with van der Waals surface area (Å²) in [5.41, 5.74) is 2.02. The molecule has 0 aliphatic carbocycles. The highest BCUT2D eigenvalue weighted by atomic mass is 19.1. The summed E-state index contributed by atoms with van der Waals surface area (Å²) < 4.78 is 18.3. The predicted octanol–water partition coefficient (Wildman–Crippen LogP) is 2.62. The Hall–Kier alpha value is -1.94. The summed E-state index contributed by atoms with van der Waals surface area (Å²) in [6.45, 7) is 1.93. The van der Waals surface area contributed by atoms with Gasteiger partial charge in [-0.1, -0.05) is 12.1 Å². The van der Waals surface area contributed by atoms with Crippen LogP contribution in [0, 0.1) is 12.7 Å². The minimum atomic E-state index is -0.955. The minimum Gasteiger partial charge on any atom is -0.496 e. The first kappa shape index (κ1) is 12.5. The lowest BCUT2D eigenvalue weighted by Crippen LogP contribution is -2.03. The summed E-state index contributed by atoms with van der Waals surface area (Å²) in [5.74, 6) is 0.101. The van der Waals surface area contributed by atoms with Gasteiger partial charge in [0.25, 0.3) is 0 Å². The molecule has 4 heteroatoms. The molecule has 18 heavy (non-hydrogen) atoms. The van der Waals surface area contributed by atoms with Crippen molar-refractivity contribution in [2.24, 2.45) is 0 Å². The van der Waals surface area contributed by atoms with Gasteiger partial charge >= 0.3 is 0 Å². The predicted molar refractivity (Wildman–Crippen MR) is 66.0 cm³/mol. The molecule has 0 bridgehead atoms. The Kier molecular flexibility index (Phi) is 3.58. The van der Waals surface area contributed by atoms with Gasteiger partial charge in [-0.2, -0.15) is 0 Å². The number of aliphatic hydroxyl groups excluding tert-OH is 1. The zero-order valence-electron chi connectivity index (χ0n) is 10.2. The molecule has 0 saturated heterocycles. The molecule has 0 amide bonds. The van der Waals surface area contributed by atoms with Crippen LogP contribution in [-0.2, 0) is 0 Å². The van der Waals surface area contributed by atoms with E-state index < -0.39 is 11.9 Å². The van der Waals surface area contributed by atoms with Gasteiger partial charge in [0.05, 0.1) is 13.3 Å². The lowest BCUT2D eigenvalue weighted by atomic mass is 10.0. The van der Waals surface area contributed by atoms with Crippen molar-refractivity contribution >= 4 is 0 Å². The van der Waals surface area contributed by atoms with Crippen molar-refractivity contribution in [3.8, 4) is 5.75 Å². The molecular weight excluding hydrogens is 233 g/mol. The van der Waals surface area contributed by atoms with Gasteiger partial charge in [0.1, 0.15) is 17.7 Å². The quantitative estimate of drug-likeness (QED) is 0.906. The van der Waals surface area contributed by atoms with Gasteiger partial charge < -0.3 is 9.84 Å². The highest BCUT2D eigenvalue weighted by Crippen LogP contribution is 2.30. The average molecular weight is 247 g/mol. The number of aromatic nitrogens is 1. The first-order valence-corrected chi connectivity index (χ1v) is 5.55. The molecule has 0 aliphatic rings. The number of hydrogen-bond donors (Lipinski definition) is 1. The Balaban J connectivity index is 2.42. The maximum Gasteiger partial charge on any atom is 0.141 e. The molecule has 94 valence electrons. The molecule has 0 fully saturated rings. The molecule has 1 aromatic heterocycles. The van der Waals surface area contributed by atoms with E-state index in [9.17, 15) is 9.50 Å². The lowest BCUT2D eigenvalue weighted by Gasteiger charge is -2.15. The third-order valence-corrected chi connectivity index (χ3v) is 2.73. The van der Waals surface area contributed by atoms with Crippen molar-refractivity contribution in [3.05, 3.63) is 59.2 Å². The van der Waals surface area contributed by atoms with Crippen molar-refractivity contribution in [1.29, 1.82) is 0 Å². The lowest BCUT2D eigenvalue weighted by molar-refractivity contribution is 0.213. The zero-order valence-corrected chi connectivity index (χ0v) is 10.2. The molecular formula is C14H14FNO2. The summed E-state index contributed by atoms with van der Waals surface area (Å²) in [7, 11) is 1.54. The normalized spacial score (nSPS) is 12.2. The molecule has 0 spiro atoms. The van der Waals surface area contributed by atoms with Crippen molar-refractivity contribution in [1.82, 2.24) is 4.98 Å². The Bertz CT molecular complexity index is 557. The van der Waals surface area contributed by atoms with Crippen molar-refractivity contribution in [2.75, 3.05) is 7.11 Å². The number of benzene rings is 1. The fourth-order valence-corrected chi connectivity index (χ4v) is 1.80. The summed E-state index contributed by atoms with van der Waals surface area (Å²) >= 11 is 0. The molecule has 1 aromatic carbocycles. The van der Waals surface area contributed by atoms with Crippen LogP contribution in [0.1, 0.15) is 22.8 Å². The molecule has 1 N–H and O–H groups in total. The number of hydrogen-bond acceptors (Lipinski definition) is 3. The Morgan fingerprint density at radius 2 is 2.06 bits per heavy atom. The maximum atomic E-state index is 13.1. The van der Waals surface area contributed by atoms with Crippen LogP contribution in [-0.4, -0.2) is 17.2 Å². The maximum absolute atomic E-state index is 13.1. The van der Waals surface area contributed by atoms with Crippen LogP contribution in [0.2, 0.25) is 0 Å². The fraction of sp³-hybridized carbons (Fsp3) is 0.214. The van der Waals surface area contributed by atoms with E-state index in [0.717, 1.165) is 11.8 Å². The Labute approximate surface area is 105 Å². The summed E-state index contributed by atoms with van der Waals surface area (Å²) in [4.78, 5) is 3.73. The Morgan fingerprint density at radius 3 is 2.72 bits per heavy atom. The molecule has 2 aromatic rings. The highest BCUT2D eigenvalue weighted by molar-refractivity contribution is 5.42. The summed E-state index contributed by atoms with van der Waals surface area (Å²) in [5, 5.41) is 10.2. The topological polar surface area (TPSA) is 42.4 Å². The number of nitrogens with zero attached hydrogens (tertiary/aromatic N) is 1. The standard InChI is InChI=1S/C14H14FNO2/c1-9-3-4-12(13(5-9)18-2)14(17)10-6-11(15)8-16-7-10/h3-8,14,17H,1-2H3. The number of ether oxygens (including phenoxy) is 1. The molecule has 3 nitrogen and oxygen atoms in total. The fourth-order valence-electron chi connectivity index (χ4n) is 1.80. The van der Waals surface area contributed by atoms with E-state index in [1.54, 1.807) is 6.07 Å². The number of rotatable bonds is 3. The van der Waals surface area contributed by atoms with E-state index in [0.29, 0.717) is 16.9 Å². The summed E-state index contributed by atoms with van der Waals surface area (Å²) in [6.07, 6.45) is 1.58. The second-order valence-corrected chi connectivity index (χ2v) is 4.08. The third-order valence-electron chi connectivity index (χ3n) is 2.73. The third kappa shape index (κ3) is 2.49. The molecule has 0 aliphatic heterocycles. The van der Waals surface area contributed by atoms with E-state index in [1.807, 2.05) is 19.1 Å². The SMILES string of the molecule is COc1cc(C)ccc1C(O)c1cncc(F)c1. The highest BCUT2D eigenvalue weighted by Gasteiger charge is 2.16. The van der Waals surface area contributed by atoms with E-state index >= 15 is 0 Å². The number of aliphatic hydroxyl groups is 1. The van der Waals surface area contributed by atoms with Crippen LogP contribution in [0.5, 0.6) is 5.75 Å². The number of pyridine rings is 1. The molecule has 1 heterocycles. The van der Waals surface area contributed by atoms with Crippen molar-refractivity contribution < 1.29 is 14.2 Å². The second kappa shape index (κ2) is 5.14. The summed E-state index contributed by atoms with van der Waals surface area (Å²) in [6, 6.07) is 6.72. The molecule has 0 radical (unpaired) electrons. The van der Waals surface area contributed by atoms with E-state index in [4.69, 9.17) is 4.74 Å². The first-order valence-electron chi connectivity index (χ1n) is 5.55. The molecule has 1 atom stereocenters. The number of aryl methyl sites for hydroxylation is 1. The zero-order chi connectivity index (χ0) is 13.1. The van der Waals surface area contributed by atoms with Crippen LogP contribution >= 0.6 is 0 Å². The smallest absolute Gasteiger partial charge is 0.141 e. The molecule has 1 unspecified atom stereocenters. The monoisotopic (exact) mass is 247 g/mol. The first-order chi connectivity index (χ1) is 8.61. The van der Waals surface area contributed by atoms with E-state index in [-0.39, 0.29) is 0 Å². The minimum absolute atomic E-state index is 0.400. The van der Waals surface area contributed by atoms with Crippen LogP contribution < -0.4 is 4.74 Å². The van der Waals surface area contributed by atoms with Crippen molar-refractivity contribution in [2.45, 2.75) is 13.0 Å².